The average Bonchev–Trinajstić information content (AvgIpc) is 3.04. The zero-order valence-electron chi connectivity index (χ0n) is 12.3. The largest absolute Gasteiger partial charge is 0.299 e. The Morgan fingerprint density at radius 1 is 1.24 bits per heavy atom. The van der Waals surface area contributed by atoms with Crippen molar-refractivity contribution in [2.45, 2.75) is 25.7 Å². The number of hydrogen-bond donors (Lipinski definition) is 0. The summed E-state index contributed by atoms with van der Waals surface area (Å²) in [6.07, 6.45) is 5.35. The normalized spacial score (nSPS) is 27.5. The van der Waals surface area contributed by atoms with Crippen LogP contribution in [0.15, 0.2) is 18.2 Å². The summed E-state index contributed by atoms with van der Waals surface area (Å²) in [7, 11) is 1.93. The lowest BCUT2D eigenvalue weighted by molar-refractivity contribution is 0.0928. The molecule has 0 N–H and O–H groups in total. The first-order valence-corrected chi connectivity index (χ1v) is 7.69. The van der Waals surface area contributed by atoms with E-state index in [1.54, 1.807) is 0 Å². The Balaban J connectivity index is 1.55. The Bertz CT molecular complexity index is 546. The maximum absolute atomic E-state index is 13.2. The van der Waals surface area contributed by atoms with Crippen LogP contribution in [0, 0.1) is 29.4 Å². The Hall–Kier alpha value is -1.29. The molecule has 2 fully saturated rings. The lowest BCUT2D eigenvalue weighted by Crippen LogP contribution is -2.32. The number of halogens is 2. The van der Waals surface area contributed by atoms with E-state index in [4.69, 9.17) is 0 Å². The second kappa shape index (κ2) is 5.84. The van der Waals surface area contributed by atoms with Crippen LogP contribution in [0.4, 0.5) is 8.78 Å². The smallest absolute Gasteiger partial charge is 0.176 e. The fourth-order valence-corrected chi connectivity index (χ4v) is 4.07. The average molecular weight is 293 g/mol. The summed E-state index contributed by atoms with van der Waals surface area (Å²) in [5.74, 6) is 0.399. The van der Waals surface area contributed by atoms with Gasteiger partial charge in [0.2, 0.25) is 0 Å². The van der Waals surface area contributed by atoms with Crippen molar-refractivity contribution in [1.29, 1.82) is 0 Å². The zero-order chi connectivity index (χ0) is 15.0. The molecule has 2 aliphatic carbocycles. The van der Waals surface area contributed by atoms with E-state index >= 15 is 0 Å². The lowest BCUT2D eigenvalue weighted by atomic mass is 9.88. The molecule has 2 aliphatic rings. The minimum absolute atomic E-state index is 0.153. The summed E-state index contributed by atoms with van der Waals surface area (Å²) < 4.78 is 26.1. The van der Waals surface area contributed by atoms with Crippen LogP contribution in [-0.4, -0.2) is 30.8 Å². The Morgan fingerprint density at radius 3 is 2.67 bits per heavy atom. The van der Waals surface area contributed by atoms with E-state index in [1.807, 2.05) is 11.9 Å². The number of nitrogens with zero attached hydrogens (tertiary/aromatic N) is 1. The summed E-state index contributed by atoms with van der Waals surface area (Å²) in [6, 6.07) is 3.35. The van der Waals surface area contributed by atoms with Gasteiger partial charge in [0.15, 0.2) is 17.4 Å². The maximum Gasteiger partial charge on any atom is 0.176 e. The van der Waals surface area contributed by atoms with Crippen LogP contribution < -0.4 is 0 Å². The summed E-state index contributed by atoms with van der Waals surface area (Å²) in [6.45, 7) is 1.19. The molecule has 2 saturated carbocycles. The second-order valence-corrected chi connectivity index (χ2v) is 6.68. The first kappa shape index (κ1) is 14.6. The molecule has 2 nitrogen and oxygen atoms in total. The molecule has 0 radical (unpaired) electrons. The highest BCUT2D eigenvalue weighted by molar-refractivity contribution is 5.97. The van der Waals surface area contributed by atoms with Gasteiger partial charge in [-0.25, -0.2) is 8.78 Å². The fourth-order valence-electron chi connectivity index (χ4n) is 4.07. The SMILES string of the molecule is CN(CC(=O)c1ccc(F)c(F)c1)CC1CC2CCC1C2. The van der Waals surface area contributed by atoms with Crippen LogP contribution in [0.2, 0.25) is 0 Å². The molecule has 114 valence electrons. The predicted octanol–water partition coefficient (Wildman–Crippen LogP) is 3.52. The molecular formula is C17H21F2NO. The van der Waals surface area contributed by atoms with Crippen molar-refractivity contribution in [3.05, 3.63) is 35.4 Å². The minimum Gasteiger partial charge on any atom is -0.299 e. The second-order valence-electron chi connectivity index (χ2n) is 6.68. The molecule has 1 aromatic carbocycles. The van der Waals surface area contributed by atoms with Gasteiger partial charge in [-0.3, -0.25) is 9.69 Å². The molecule has 0 spiro atoms. The number of fused-ring (bicyclic) bond motifs is 2. The van der Waals surface area contributed by atoms with Crippen LogP contribution in [0.3, 0.4) is 0 Å². The number of carbonyl (C=O) groups is 1. The molecule has 1 aromatic rings. The number of Topliss-reactive ketones (excluding diaryl/α,β-unsaturated/α-hetero) is 1. The molecule has 3 unspecified atom stereocenters. The molecule has 0 amide bonds. The van der Waals surface area contributed by atoms with E-state index in [2.05, 4.69) is 0 Å². The summed E-state index contributed by atoms with van der Waals surface area (Å²) in [5.41, 5.74) is 0.244. The standard InChI is InChI=1S/C17H21F2NO/c1-20(9-14-7-11-2-3-12(14)6-11)10-17(21)13-4-5-15(18)16(19)8-13/h4-5,8,11-12,14H,2-3,6-7,9-10H2,1H3. The van der Waals surface area contributed by atoms with Crippen LogP contribution in [0.5, 0.6) is 0 Å². The van der Waals surface area contributed by atoms with Gasteiger partial charge in [0, 0.05) is 12.1 Å². The van der Waals surface area contributed by atoms with Gasteiger partial charge in [0.05, 0.1) is 6.54 Å². The highest BCUT2D eigenvalue weighted by Gasteiger charge is 2.39. The lowest BCUT2D eigenvalue weighted by Gasteiger charge is -2.26. The number of benzene rings is 1. The quantitative estimate of drug-likeness (QED) is 0.774. The van der Waals surface area contributed by atoms with Gasteiger partial charge < -0.3 is 0 Å². The summed E-state index contributed by atoms with van der Waals surface area (Å²) in [4.78, 5) is 14.1. The number of hydrogen-bond acceptors (Lipinski definition) is 2. The van der Waals surface area contributed by atoms with Crippen LogP contribution in [0.1, 0.15) is 36.0 Å². The van der Waals surface area contributed by atoms with Crippen LogP contribution in [-0.2, 0) is 0 Å². The van der Waals surface area contributed by atoms with Gasteiger partial charge in [-0.05, 0) is 62.3 Å². The van der Waals surface area contributed by atoms with Crippen molar-refractivity contribution < 1.29 is 13.6 Å². The summed E-state index contributed by atoms with van der Waals surface area (Å²) in [5, 5.41) is 0. The van der Waals surface area contributed by atoms with Crippen LogP contribution >= 0.6 is 0 Å². The zero-order valence-corrected chi connectivity index (χ0v) is 12.3. The van der Waals surface area contributed by atoms with E-state index in [9.17, 15) is 13.6 Å². The van der Waals surface area contributed by atoms with Crippen molar-refractivity contribution >= 4 is 5.78 Å². The number of likely N-dealkylation sites (N-methyl/N-ethyl adjacent to an activating group) is 1. The number of rotatable bonds is 5. The highest BCUT2D eigenvalue weighted by atomic mass is 19.2. The Kier molecular flexibility index (Phi) is 4.07. The third-order valence-electron chi connectivity index (χ3n) is 5.09. The van der Waals surface area contributed by atoms with Crippen molar-refractivity contribution in [2.24, 2.45) is 17.8 Å². The molecule has 2 bridgehead atoms. The number of carbonyl (C=O) groups excluding carboxylic acids is 1. The third-order valence-corrected chi connectivity index (χ3v) is 5.09. The van der Waals surface area contributed by atoms with Crippen molar-refractivity contribution in [1.82, 2.24) is 4.90 Å². The molecule has 0 aliphatic heterocycles. The Morgan fingerprint density at radius 2 is 2.05 bits per heavy atom. The minimum atomic E-state index is -0.961. The fraction of sp³-hybridized carbons (Fsp3) is 0.588. The van der Waals surface area contributed by atoms with E-state index < -0.39 is 11.6 Å². The molecular weight excluding hydrogens is 272 g/mol. The predicted molar refractivity (Wildman–Crippen MR) is 77.1 cm³/mol. The molecule has 3 rings (SSSR count). The van der Waals surface area contributed by atoms with Gasteiger partial charge in [-0.15, -0.1) is 0 Å². The molecule has 0 saturated heterocycles. The van der Waals surface area contributed by atoms with Gasteiger partial charge in [0.25, 0.3) is 0 Å². The molecule has 21 heavy (non-hydrogen) atoms. The summed E-state index contributed by atoms with van der Waals surface area (Å²) >= 11 is 0. The maximum atomic E-state index is 13.2. The first-order valence-electron chi connectivity index (χ1n) is 7.69. The highest BCUT2D eigenvalue weighted by Crippen LogP contribution is 2.48. The Labute approximate surface area is 124 Å². The van der Waals surface area contributed by atoms with E-state index in [1.165, 1.54) is 31.7 Å². The first-order chi connectivity index (χ1) is 10.0. The molecule has 3 atom stereocenters. The van der Waals surface area contributed by atoms with Gasteiger partial charge in [0.1, 0.15) is 0 Å². The van der Waals surface area contributed by atoms with Gasteiger partial charge >= 0.3 is 0 Å². The van der Waals surface area contributed by atoms with E-state index in [0.29, 0.717) is 5.92 Å². The topological polar surface area (TPSA) is 20.3 Å². The van der Waals surface area contributed by atoms with Crippen molar-refractivity contribution in [3.63, 3.8) is 0 Å². The van der Waals surface area contributed by atoms with Crippen molar-refractivity contribution in [3.8, 4) is 0 Å². The van der Waals surface area contributed by atoms with Crippen molar-refractivity contribution in [2.75, 3.05) is 20.1 Å². The van der Waals surface area contributed by atoms with Crippen LogP contribution in [0.25, 0.3) is 0 Å². The molecule has 0 heterocycles. The van der Waals surface area contributed by atoms with Gasteiger partial charge in [-0.1, -0.05) is 6.42 Å². The monoisotopic (exact) mass is 293 g/mol. The molecule has 4 heteroatoms. The number of ketones is 1. The third kappa shape index (κ3) is 3.15. The van der Waals surface area contributed by atoms with Gasteiger partial charge in [-0.2, -0.15) is 0 Å². The van der Waals surface area contributed by atoms with E-state index in [-0.39, 0.29) is 17.9 Å². The molecule has 0 aromatic heterocycles. The van der Waals surface area contributed by atoms with E-state index in [0.717, 1.165) is 30.5 Å².